The van der Waals surface area contributed by atoms with E-state index in [9.17, 15) is 24.0 Å². The Bertz CT molecular complexity index is 1220. The Balaban J connectivity index is 1.55. The minimum atomic E-state index is -1.02. The number of carbonyl (C=O) groups excluding carboxylic acids is 5. The van der Waals surface area contributed by atoms with Crippen LogP contribution in [-0.4, -0.2) is 51.0 Å². The van der Waals surface area contributed by atoms with E-state index in [1.54, 1.807) is 30.3 Å². The molecule has 1 fully saturated rings. The third kappa shape index (κ3) is 4.26. The molecule has 176 valence electrons. The van der Waals surface area contributed by atoms with E-state index < -0.39 is 41.1 Å². The Morgan fingerprint density at radius 2 is 1.94 bits per heavy atom. The molecule has 0 saturated carbocycles. The molecule has 4 rings (SSSR count). The number of aromatic nitrogens is 1. The number of aryl methyl sites for hydroxylation is 1. The fourth-order valence-corrected chi connectivity index (χ4v) is 4.36. The van der Waals surface area contributed by atoms with E-state index in [1.165, 1.54) is 6.20 Å². The highest BCUT2D eigenvalue weighted by Crippen LogP contribution is 2.34. The monoisotopic (exact) mass is 463 g/mol. The summed E-state index contributed by atoms with van der Waals surface area (Å²) in [6.07, 6.45) is 2.75. The van der Waals surface area contributed by atoms with Crippen molar-refractivity contribution in [2.45, 2.75) is 51.1 Å². The van der Waals surface area contributed by atoms with Crippen molar-refractivity contribution in [2.75, 3.05) is 5.32 Å². The molecule has 0 aliphatic carbocycles. The van der Waals surface area contributed by atoms with Gasteiger partial charge in [0.05, 0.1) is 11.1 Å². The number of hydrogen-bond acceptors (Lipinski definition) is 7. The second kappa shape index (κ2) is 8.69. The van der Waals surface area contributed by atoms with E-state index in [4.69, 9.17) is 5.73 Å². The summed E-state index contributed by atoms with van der Waals surface area (Å²) in [4.78, 5) is 66.8. The van der Waals surface area contributed by atoms with E-state index in [2.05, 4.69) is 15.6 Å². The summed E-state index contributed by atoms with van der Waals surface area (Å²) in [5.41, 5.74) is 6.70. The summed E-state index contributed by atoms with van der Waals surface area (Å²) in [6, 6.07) is 7.43. The number of anilines is 1. The van der Waals surface area contributed by atoms with Crippen LogP contribution in [0.25, 0.3) is 0 Å². The minimum absolute atomic E-state index is 0.0591. The fourth-order valence-electron chi connectivity index (χ4n) is 4.36. The first-order chi connectivity index (χ1) is 16.1. The fraction of sp³-hybridized carbons (Fsp3) is 0.333. The Labute approximate surface area is 195 Å². The van der Waals surface area contributed by atoms with Crippen molar-refractivity contribution in [2.24, 2.45) is 5.73 Å². The molecule has 5 amide bonds. The summed E-state index contributed by atoms with van der Waals surface area (Å²) in [5.74, 6) is -2.80. The van der Waals surface area contributed by atoms with E-state index in [-0.39, 0.29) is 29.7 Å². The van der Waals surface area contributed by atoms with Crippen LogP contribution < -0.4 is 16.4 Å². The summed E-state index contributed by atoms with van der Waals surface area (Å²) < 4.78 is 0. The highest BCUT2D eigenvalue weighted by Gasteiger charge is 2.45. The summed E-state index contributed by atoms with van der Waals surface area (Å²) >= 11 is 0. The third-order valence-electron chi connectivity index (χ3n) is 6.09. The number of pyridine rings is 1. The Morgan fingerprint density at radius 1 is 1.18 bits per heavy atom. The van der Waals surface area contributed by atoms with Crippen LogP contribution in [-0.2, 0) is 16.0 Å². The van der Waals surface area contributed by atoms with Gasteiger partial charge in [-0.05, 0) is 56.9 Å². The van der Waals surface area contributed by atoms with Gasteiger partial charge in [0.2, 0.25) is 11.8 Å². The summed E-state index contributed by atoms with van der Waals surface area (Å²) in [5, 5.41) is 5.53. The molecule has 0 spiro atoms. The second-order valence-corrected chi connectivity index (χ2v) is 9.06. The van der Waals surface area contributed by atoms with E-state index in [0.717, 1.165) is 10.5 Å². The average Bonchev–Trinajstić information content (AvgIpc) is 3.03. The van der Waals surface area contributed by atoms with Crippen LogP contribution in [0.15, 0.2) is 36.5 Å². The number of rotatable bonds is 7. The highest BCUT2D eigenvalue weighted by atomic mass is 16.2. The Morgan fingerprint density at radius 3 is 2.65 bits per heavy atom. The number of amides is 5. The Kier molecular flexibility index (Phi) is 5.90. The minimum Gasteiger partial charge on any atom is -0.379 e. The topological polar surface area (TPSA) is 152 Å². The van der Waals surface area contributed by atoms with Crippen LogP contribution in [0.3, 0.4) is 0 Å². The molecule has 1 aromatic heterocycles. The first kappa shape index (κ1) is 23.1. The zero-order valence-corrected chi connectivity index (χ0v) is 18.9. The van der Waals surface area contributed by atoms with Crippen molar-refractivity contribution in [1.29, 1.82) is 0 Å². The lowest BCUT2D eigenvalue weighted by Gasteiger charge is -2.29. The molecule has 10 heteroatoms. The van der Waals surface area contributed by atoms with Gasteiger partial charge in [-0.25, -0.2) is 0 Å². The average molecular weight is 463 g/mol. The molecule has 3 heterocycles. The maximum absolute atomic E-state index is 13.3. The number of hydrogen-bond donors (Lipinski definition) is 3. The van der Waals surface area contributed by atoms with Gasteiger partial charge < -0.3 is 11.1 Å². The van der Waals surface area contributed by atoms with Crippen molar-refractivity contribution in [3.63, 3.8) is 0 Å². The normalized spacial score (nSPS) is 18.1. The number of nitrogens with two attached hydrogens (primary N) is 1. The SMILES string of the molecule is CC(C)(CCc1cccnc1C(N)=O)Nc1cccc2c1C(=O)N(C1CCC(=O)NC1=O)C2=O. The van der Waals surface area contributed by atoms with Crippen LogP contribution in [0.4, 0.5) is 5.69 Å². The largest absolute Gasteiger partial charge is 0.379 e. The van der Waals surface area contributed by atoms with E-state index in [1.807, 2.05) is 13.8 Å². The molecule has 0 radical (unpaired) electrons. The van der Waals surface area contributed by atoms with E-state index >= 15 is 0 Å². The van der Waals surface area contributed by atoms with Crippen LogP contribution in [0.2, 0.25) is 0 Å². The second-order valence-electron chi connectivity index (χ2n) is 9.06. The molecule has 0 bridgehead atoms. The first-order valence-corrected chi connectivity index (χ1v) is 11.0. The number of piperidine rings is 1. The third-order valence-corrected chi connectivity index (χ3v) is 6.09. The molecule has 1 atom stereocenters. The van der Waals surface area contributed by atoms with Crippen LogP contribution in [0.1, 0.15) is 69.9 Å². The van der Waals surface area contributed by atoms with E-state index in [0.29, 0.717) is 18.5 Å². The Hall–Kier alpha value is -4.08. The smallest absolute Gasteiger partial charge is 0.267 e. The molecule has 10 nitrogen and oxygen atoms in total. The molecule has 2 aromatic rings. The van der Waals surface area contributed by atoms with Crippen LogP contribution >= 0.6 is 0 Å². The van der Waals surface area contributed by atoms with Crippen LogP contribution in [0.5, 0.6) is 0 Å². The van der Waals surface area contributed by atoms with Crippen molar-refractivity contribution >= 4 is 35.2 Å². The summed E-state index contributed by atoms with van der Waals surface area (Å²) in [7, 11) is 0. The number of fused-ring (bicyclic) bond motifs is 1. The molecule has 2 aliphatic rings. The number of nitrogens with one attached hydrogen (secondary N) is 2. The zero-order valence-electron chi connectivity index (χ0n) is 18.9. The number of benzene rings is 1. The molecule has 1 unspecified atom stereocenters. The van der Waals surface area contributed by atoms with Gasteiger partial charge in [0, 0.05) is 23.8 Å². The van der Waals surface area contributed by atoms with Gasteiger partial charge in [0.25, 0.3) is 17.7 Å². The predicted molar refractivity (Wildman–Crippen MR) is 122 cm³/mol. The van der Waals surface area contributed by atoms with Crippen molar-refractivity contribution in [3.05, 3.63) is 58.9 Å². The molecular formula is C24H25N5O5. The van der Waals surface area contributed by atoms with Crippen molar-refractivity contribution < 1.29 is 24.0 Å². The summed E-state index contributed by atoms with van der Waals surface area (Å²) in [6.45, 7) is 3.87. The number of imide groups is 2. The van der Waals surface area contributed by atoms with Gasteiger partial charge in [0.1, 0.15) is 11.7 Å². The quantitative estimate of drug-likeness (QED) is 0.525. The lowest BCUT2D eigenvalue weighted by atomic mass is 9.93. The van der Waals surface area contributed by atoms with Crippen molar-refractivity contribution in [1.82, 2.24) is 15.2 Å². The van der Waals surface area contributed by atoms with Gasteiger partial charge >= 0.3 is 0 Å². The molecule has 1 saturated heterocycles. The number of carbonyl (C=O) groups is 5. The molecule has 34 heavy (non-hydrogen) atoms. The molecule has 1 aromatic carbocycles. The lowest BCUT2D eigenvalue weighted by molar-refractivity contribution is -0.136. The molecule has 4 N–H and O–H groups in total. The lowest BCUT2D eigenvalue weighted by Crippen LogP contribution is -2.54. The molecule has 2 aliphatic heterocycles. The van der Waals surface area contributed by atoms with Gasteiger partial charge in [-0.15, -0.1) is 0 Å². The number of nitrogens with zero attached hydrogens (tertiary/aromatic N) is 2. The predicted octanol–water partition coefficient (Wildman–Crippen LogP) is 1.41. The van der Waals surface area contributed by atoms with Gasteiger partial charge in [0.15, 0.2) is 0 Å². The standard InChI is InChI=1S/C24H25N5O5/c1-24(2,11-10-13-5-4-12-26-19(13)20(25)31)28-15-7-3-6-14-18(15)23(34)29(22(14)33)16-8-9-17(30)27-21(16)32/h3-7,12,16,28H,8-11H2,1-2H3,(H2,25,31)(H,27,30,32). The van der Waals surface area contributed by atoms with Crippen molar-refractivity contribution in [3.8, 4) is 0 Å². The van der Waals surface area contributed by atoms with Gasteiger partial charge in [-0.2, -0.15) is 0 Å². The zero-order chi connectivity index (χ0) is 24.6. The van der Waals surface area contributed by atoms with Crippen LogP contribution in [0, 0.1) is 0 Å². The molecular weight excluding hydrogens is 438 g/mol. The maximum Gasteiger partial charge on any atom is 0.267 e. The van der Waals surface area contributed by atoms with Gasteiger partial charge in [-0.1, -0.05) is 12.1 Å². The number of primary amides is 1. The highest BCUT2D eigenvalue weighted by molar-refractivity contribution is 6.25. The maximum atomic E-state index is 13.3. The first-order valence-electron chi connectivity index (χ1n) is 11.0. The van der Waals surface area contributed by atoms with Gasteiger partial charge in [-0.3, -0.25) is 39.2 Å².